The highest BCUT2D eigenvalue weighted by Crippen LogP contribution is 2.33. The van der Waals surface area contributed by atoms with Gasteiger partial charge in [-0.25, -0.2) is 0 Å². The number of fused-ring (bicyclic) bond motifs is 3. The minimum Gasteiger partial charge on any atom is -0.344 e. The first-order chi connectivity index (χ1) is 12.7. The molecule has 2 heteroatoms. The van der Waals surface area contributed by atoms with E-state index in [0.717, 1.165) is 32.4 Å². The molecule has 4 rings (SSSR count). The van der Waals surface area contributed by atoms with Gasteiger partial charge in [0.05, 0.1) is 0 Å². The van der Waals surface area contributed by atoms with Crippen molar-refractivity contribution < 1.29 is 0 Å². The molecule has 0 bridgehead atoms. The molecule has 2 aromatic carbocycles. The van der Waals surface area contributed by atoms with Gasteiger partial charge in [-0.05, 0) is 62.1 Å². The van der Waals surface area contributed by atoms with Crippen LogP contribution in [0.4, 0.5) is 0 Å². The highest BCUT2D eigenvalue weighted by Gasteiger charge is 2.26. The smallest absolute Gasteiger partial charge is 0.0486 e. The van der Waals surface area contributed by atoms with Gasteiger partial charge in [0.15, 0.2) is 0 Å². The number of rotatable bonds is 5. The summed E-state index contributed by atoms with van der Waals surface area (Å²) in [6.07, 6.45) is 4.61. The van der Waals surface area contributed by atoms with E-state index in [1.165, 1.54) is 28.5 Å². The lowest BCUT2D eigenvalue weighted by molar-refractivity contribution is 0.228. The molecule has 0 spiro atoms. The normalized spacial score (nSPS) is 17.6. The maximum Gasteiger partial charge on any atom is 0.0486 e. The molecule has 0 aliphatic carbocycles. The lowest BCUT2D eigenvalue weighted by Crippen LogP contribution is -2.35. The van der Waals surface area contributed by atoms with Crippen LogP contribution in [0.15, 0.2) is 48.5 Å². The Kier molecular flexibility index (Phi) is 4.86. The highest BCUT2D eigenvalue weighted by molar-refractivity contribution is 5.86. The van der Waals surface area contributed by atoms with E-state index in [1.54, 1.807) is 11.3 Å². The van der Waals surface area contributed by atoms with E-state index in [2.05, 4.69) is 78.9 Å². The first-order valence-electron chi connectivity index (χ1n) is 10.0. The maximum atomic E-state index is 2.62. The highest BCUT2D eigenvalue weighted by atomic mass is 15.1. The Hall–Kier alpha value is -2.06. The van der Waals surface area contributed by atoms with Crippen LogP contribution in [0, 0.1) is 0 Å². The Labute approximate surface area is 157 Å². The van der Waals surface area contributed by atoms with Crippen molar-refractivity contribution in [3.8, 4) is 0 Å². The molecule has 0 saturated heterocycles. The summed E-state index contributed by atoms with van der Waals surface area (Å²) in [5.74, 6) is 0. The molecule has 1 aliphatic rings. The minimum atomic E-state index is 0.616. The summed E-state index contributed by atoms with van der Waals surface area (Å²) < 4.78 is 2.62. The number of likely N-dealkylation sites (N-methyl/N-ethyl adjacent to an activating group) is 1. The van der Waals surface area contributed by atoms with Crippen molar-refractivity contribution in [2.45, 2.75) is 58.7 Å². The van der Waals surface area contributed by atoms with E-state index in [4.69, 9.17) is 0 Å². The van der Waals surface area contributed by atoms with E-state index >= 15 is 0 Å². The van der Waals surface area contributed by atoms with Crippen LogP contribution >= 0.6 is 0 Å². The van der Waals surface area contributed by atoms with Crippen LogP contribution in [-0.2, 0) is 32.4 Å². The van der Waals surface area contributed by atoms with Gasteiger partial charge in [0, 0.05) is 42.1 Å². The number of hydrogen-bond donors (Lipinski definition) is 0. The van der Waals surface area contributed by atoms with Gasteiger partial charge in [-0.15, -0.1) is 0 Å². The van der Waals surface area contributed by atoms with Crippen LogP contribution in [-0.4, -0.2) is 22.6 Å². The molecule has 136 valence electrons. The van der Waals surface area contributed by atoms with Gasteiger partial charge < -0.3 is 4.57 Å². The van der Waals surface area contributed by atoms with Crippen LogP contribution in [0.5, 0.6) is 0 Å². The molecule has 0 N–H and O–H groups in total. The van der Waals surface area contributed by atoms with Crippen LogP contribution in [0.3, 0.4) is 0 Å². The van der Waals surface area contributed by atoms with Gasteiger partial charge >= 0.3 is 0 Å². The molecule has 0 fully saturated rings. The number of hydrogen-bond acceptors (Lipinski definition) is 1. The summed E-state index contributed by atoms with van der Waals surface area (Å²) in [5.41, 5.74) is 7.47. The van der Waals surface area contributed by atoms with Crippen LogP contribution < -0.4 is 0 Å². The summed E-state index contributed by atoms with van der Waals surface area (Å²) in [6.45, 7) is 6.79. The first kappa shape index (κ1) is 17.4. The molecule has 1 atom stereocenters. The summed E-state index contributed by atoms with van der Waals surface area (Å²) in [5, 5.41) is 1.48. The summed E-state index contributed by atoms with van der Waals surface area (Å²) >= 11 is 0. The zero-order valence-corrected chi connectivity index (χ0v) is 16.3. The number of nitrogens with zero attached hydrogens (tertiary/aromatic N) is 2. The maximum absolute atomic E-state index is 2.62. The molecule has 2 heterocycles. The quantitative estimate of drug-likeness (QED) is 0.615. The number of aryl methyl sites for hydroxylation is 3. The molecule has 1 aliphatic heterocycles. The van der Waals surface area contributed by atoms with Crippen molar-refractivity contribution in [2.24, 2.45) is 0 Å². The van der Waals surface area contributed by atoms with Crippen LogP contribution in [0.25, 0.3) is 10.9 Å². The van der Waals surface area contributed by atoms with Crippen molar-refractivity contribution in [1.82, 2.24) is 9.47 Å². The second-order valence-corrected chi connectivity index (χ2v) is 7.84. The summed E-state index contributed by atoms with van der Waals surface area (Å²) in [4.78, 5) is 2.49. The van der Waals surface area contributed by atoms with Gasteiger partial charge in [-0.3, -0.25) is 4.90 Å². The third kappa shape index (κ3) is 3.19. The molecule has 0 radical (unpaired) electrons. The Morgan fingerprint density at radius 2 is 1.85 bits per heavy atom. The van der Waals surface area contributed by atoms with Gasteiger partial charge in [-0.1, -0.05) is 43.3 Å². The van der Waals surface area contributed by atoms with E-state index < -0.39 is 0 Å². The van der Waals surface area contributed by atoms with E-state index in [9.17, 15) is 0 Å². The predicted octanol–water partition coefficient (Wildman–Crippen LogP) is 5.21. The van der Waals surface area contributed by atoms with Crippen molar-refractivity contribution in [1.29, 1.82) is 0 Å². The van der Waals surface area contributed by atoms with E-state index in [-0.39, 0.29) is 0 Å². The minimum absolute atomic E-state index is 0.616. The third-order valence-electron chi connectivity index (χ3n) is 6.10. The Balaban J connectivity index is 1.68. The van der Waals surface area contributed by atoms with Crippen LogP contribution in [0.2, 0.25) is 0 Å². The molecule has 2 nitrogen and oxygen atoms in total. The number of aromatic nitrogens is 1. The molecule has 1 unspecified atom stereocenters. The van der Waals surface area contributed by atoms with Crippen molar-refractivity contribution in [3.05, 3.63) is 70.9 Å². The SMILES string of the molecule is CCc1ccc2c(c1)c1c(n2CCCc2ccccc2)CC(C)N(C)C1. The predicted molar refractivity (Wildman–Crippen MR) is 111 cm³/mol. The monoisotopic (exact) mass is 346 g/mol. The zero-order chi connectivity index (χ0) is 18.1. The van der Waals surface area contributed by atoms with Gasteiger partial charge in [0.1, 0.15) is 0 Å². The molecular formula is C24H30N2. The molecule has 3 aromatic rings. The molecule has 0 amide bonds. The first-order valence-corrected chi connectivity index (χ1v) is 10.0. The third-order valence-corrected chi connectivity index (χ3v) is 6.10. The Morgan fingerprint density at radius 3 is 2.62 bits per heavy atom. The summed E-state index contributed by atoms with van der Waals surface area (Å²) in [7, 11) is 2.26. The second kappa shape index (κ2) is 7.28. The van der Waals surface area contributed by atoms with Gasteiger partial charge in [0.2, 0.25) is 0 Å². The lowest BCUT2D eigenvalue weighted by atomic mass is 9.99. The largest absolute Gasteiger partial charge is 0.344 e. The molecule has 26 heavy (non-hydrogen) atoms. The average Bonchev–Trinajstić information content (AvgIpc) is 2.95. The second-order valence-electron chi connectivity index (χ2n) is 7.84. The fraction of sp³-hybridized carbons (Fsp3) is 0.417. The van der Waals surface area contributed by atoms with E-state index in [1.807, 2.05) is 0 Å². The van der Waals surface area contributed by atoms with Gasteiger partial charge in [-0.2, -0.15) is 0 Å². The number of benzene rings is 2. The summed E-state index contributed by atoms with van der Waals surface area (Å²) in [6, 6.07) is 18.6. The average molecular weight is 347 g/mol. The van der Waals surface area contributed by atoms with Crippen molar-refractivity contribution >= 4 is 10.9 Å². The van der Waals surface area contributed by atoms with Crippen molar-refractivity contribution in [3.63, 3.8) is 0 Å². The van der Waals surface area contributed by atoms with Crippen LogP contribution in [0.1, 0.15) is 42.7 Å². The Morgan fingerprint density at radius 1 is 1.04 bits per heavy atom. The fourth-order valence-electron chi connectivity index (χ4n) is 4.34. The zero-order valence-electron chi connectivity index (χ0n) is 16.3. The molecular weight excluding hydrogens is 316 g/mol. The van der Waals surface area contributed by atoms with Gasteiger partial charge in [0.25, 0.3) is 0 Å². The standard InChI is InChI=1S/C24H30N2/c1-4-19-12-13-23-21(16-19)22-17-25(3)18(2)15-24(22)26(23)14-8-11-20-9-6-5-7-10-20/h5-7,9-10,12-13,16,18H,4,8,11,14-15,17H2,1-3H3. The topological polar surface area (TPSA) is 8.17 Å². The Bertz CT molecular complexity index is 891. The fourth-order valence-corrected chi connectivity index (χ4v) is 4.34. The molecule has 1 aromatic heterocycles. The van der Waals surface area contributed by atoms with E-state index in [0.29, 0.717) is 6.04 Å². The van der Waals surface area contributed by atoms with Crippen molar-refractivity contribution in [2.75, 3.05) is 7.05 Å². The lowest BCUT2D eigenvalue weighted by Gasteiger charge is -2.31. The molecule has 0 saturated carbocycles.